The van der Waals surface area contributed by atoms with Crippen LogP contribution >= 0.6 is 0 Å². The predicted molar refractivity (Wildman–Crippen MR) is 179 cm³/mol. The van der Waals surface area contributed by atoms with Gasteiger partial charge in [0, 0.05) is 11.3 Å². The van der Waals surface area contributed by atoms with Gasteiger partial charge in [0.1, 0.15) is 6.61 Å². The van der Waals surface area contributed by atoms with E-state index in [1.807, 2.05) is 30.3 Å². The number of nitrogens with one attached hydrogen (secondary N) is 3. The van der Waals surface area contributed by atoms with Gasteiger partial charge >= 0.3 is 12.0 Å². The number of benzene rings is 4. The summed E-state index contributed by atoms with van der Waals surface area (Å²) in [4.78, 5) is 37.5. The van der Waals surface area contributed by atoms with Crippen LogP contribution in [0, 0.1) is 0 Å². The first-order chi connectivity index (χ1) is 23.3. The number of ether oxygens (including phenoxy) is 5. The molecule has 0 fully saturated rings. The second-order valence-corrected chi connectivity index (χ2v) is 10.6. The maximum atomic E-state index is 12.7. The summed E-state index contributed by atoms with van der Waals surface area (Å²) in [6, 6.07) is 23.2. The van der Waals surface area contributed by atoms with Crippen molar-refractivity contribution in [3.05, 3.63) is 107 Å². The normalized spacial score (nSPS) is 14.2. The molecule has 5 rings (SSSR count). The van der Waals surface area contributed by atoms with Gasteiger partial charge in [0.15, 0.2) is 29.6 Å². The molecule has 0 aromatic heterocycles. The Morgan fingerprint density at radius 1 is 0.917 bits per heavy atom. The number of para-hydroxylation sites is 1. The lowest BCUT2D eigenvalue weighted by Gasteiger charge is -2.28. The van der Waals surface area contributed by atoms with Crippen LogP contribution in [0.4, 0.5) is 4.79 Å². The lowest BCUT2D eigenvalue weighted by atomic mass is 9.95. The molecule has 12 heteroatoms. The van der Waals surface area contributed by atoms with Gasteiger partial charge in [-0.15, -0.1) is 0 Å². The maximum absolute atomic E-state index is 12.7. The largest absolute Gasteiger partial charge is 0.493 e. The van der Waals surface area contributed by atoms with E-state index in [1.54, 1.807) is 57.4 Å². The van der Waals surface area contributed by atoms with Gasteiger partial charge in [0.25, 0.3) is 5.91 Å². The zero-order chi connectivity index (χ0) is 34.0. The molecule has 248 valence electrons. The molecule has 48 heavy (non-hydrogen) atoms. The molecule has 3 amide bonds. The number of amides is 3. The lowest BCUT2D eigenvalue weighted by molar-refractivity contribution is -0.139. The molecule has 1 aliphatic rings. The minimum atomic E-state index is -0.782. The van der Waals surface area contributed by atoms with Crippen molar-refractivity contribution in [3.8, 4) is 23.0 Å². The van der Waals surface area contributed by atoms with Gasteiger partial charge in [-0.1, -0.05) is 54.6 Å². The smallest absolute Gasteiger partial charge is 0.338 e. The first kappa shape index (κ1) is 33.3. The highest BCUT2D eigenvalue weighted by atomic mass is 16.5. The molecular formula is C36H36N4O8. The zero-order valence-electron chi connectivity index (χ0n) is 27.0. The molecule has 0 unspecified atom stereocenters. The highest BCUT2D eigenvalue weighted by Crippen LogP contribution is 2.35. The molecule has 4 aromatic carbocycles. The summed E-state index contributed by atoms with van der Waals surface area (Å²) in [6.07, 6.45) is 1.47. The van der Waals surface area contributed by atoms with E-state index in [4.69, 9.17) is 23.7 Å². The van der Waals surface area contributed by atoms with Crippen LogP contribution < -0.4 is 35.0 Å². The Morgan fingerprint density at radius 2 is 1.69 bits per heavy atom. The molecule has 0 bridgehead atoms. The van der Waals surface area contributed by atoms with Crippen LogP contribution in [-0.4, -0.2) is 51.6 Å². The number of carbonyl (C=O) groups is 3. The van der Waals surface area contributed by atoms with Crippen molar-refractivity contribution < 1.29 is 38.1 Å². The number of hydrogen-bond donors (Lipinski definition) is 3. The number of urea groups is 1. The zero-order valence-corrected chi connectivity index (χ0v) is 27.0. The summed E-state index contributed by atoms with van der Waals surface area (Å²) in [5.41, 5.74) is 5.29. The SMILES string of the molecule is CCOC(=O)C1=C(C)NC(=O)N[C@H]1c1ccc(OCC(=O)N/N=C/c2cccc(OC)c2OCc2cccc3ccccc23)c(OC)c1. The average molecular weight is 653 g/mol. The van der Waals surface area contributed by atoms with E-state index in [0.29, 0.717) is 40.7 Å². The number of hydrazone groups is 1. The Bertz CT molecular complexity index is 1880. The Hall–Kier alpha value is -6.04. The number of rotatable bonds is 13. The van der Waals surface area contributed by atoms with E-state index >= 15 is 0 Å². The average Bonchev–Trinajstić information content (AvgIpc) is 3.09. The van der Waals surface area contributed by atoms with Crippen molar-refractivity contribution in [2.45, 2.75) is 26.5 Å². The monoisotopic (exact) mass is 652 g/mol. The molecular weight excluding hydrogens is 616 g/mol. The topological polar surface area (TPSA) is 146 Å². The first-order valence-corrected chi connectivity index (χ1v) is 15.2. The Labute approximate surface area is 277 Å². The molecule has 1 heterocycles. The highest BCUT2D eigenvalue weighted by Gasteiger charge is 2.32. The van der Waals surface area contributed by atoms with Gasteiger partial charge in [0.2, 0.25) is 0 Å². The van der Waals surface area contributed by atoms with Gasteiger partial charge in [-0.05, 0) is 60.0 Å². The standard InChI is InChI=1S/C36H36N4O8/c1-5-46-35(42)32-22(2)38-36(43)39-33(32)24-16-17-28(30(18-24)45-4)47-21-31(41)40-37-19-25-12-9-15-29(44-3)34(25)48-20-26-13-8-11-23-10-6-7-14-27(23)26/h6-19,33H,5,20-21H2,1-4H3,(H,40,41)(H2,38,39,43)/b37-19+/t33-/m0/s1. The fourth-order valence-corrected chi connectivity index (χ4v) is 5.27. The van der Waals surface area contributed by atoms with E-state index in [0.717, 1.165) is 16.3 Å². The Balaban J connectivity index is 1.24. The van der Waals surface area contributed by atoms with Crippen LogP contribution in [-0.2, 0) is 20.9 Å². The minimum Gasteiger partial charge on any atom is -0.493 e. The molecule has 0 spiro atoms. The number of hydrogen-bond acceptors (Lipinski definition) is 9. The lowest BCUT2D eigenvalue weighted by Crippen LogP contribution is -2.45. The number of carbonyl (C=O) groups excluding carboxylic acids is 3. The summed E-state index contributed by atoms with van der Waals surface area (Å²) >= 11 is 0. The van der Waals surface area contributed by atoms with E-state index in [1.165, 1.54) is 13.3 Å². The summed E-state index contributed by atoms with van der Waals surface area (Å²) in [6.45, 7) is 3.44. The number of nitrogens with zero attached hydrogens (tertiary/aromatic N) is 1. The van der Waals surface area contributed by atoms with Crippen molar-refractivity contribution in [2.24, 2.45) is 5.10 Å². The van der Waals surface area contributed by atoms with Gasteiger partial charge in [-0.2, -0.15) is 5.10 Å². The third-order valence-corrected chi connectivity index (χ3v) is 7.52. The third kappa shape index (κ3) is 7.66. The molecule has 0 saturated carbocycles. The molecule has 0 radical (unpaired) electrons. The second kappa shape index (κ2) is 15.5. The summed E-state index contributed by atoms with van der Waals surface area (Å²) in [5.74, 6) is 0.494. The van der Waals surface area contributed by atoms with E-state index in [9.17, 15) is 14.4 Å². The molecule has 12 nitrogen and oxygen atoms in total. The maximum Gasteiger partial charge on any atom is 0.338 e. The number of fused-ring (bicyclic) bond motifs is 1. The second-order valence-electron chi connectivity index (χ2n) is 10.6. The minimum absolute atomic E-state index is 0.179. The van der Waals surface area contributed by atoms with Crippen LogP contribution in [0.15, 0.2) is 95.2 Å². The van der Waals surface area contributed by atoms with Gasteiger partial charge in [-0.3, -0.25) is 4.79 Å². The van der Waals surface area contributed by atoms with Crippen LogP contribution in [0.1, 0.15) is 36.6 Å². The molecule has 1 atom stereocenters. The fraction of sp³-hybridized carbons (Fsp3) is 0.222. The number of allylic oxidation sites excluding steroid dienone is 1. The van der Waals surface area contributed by atoms with Gasteiger partial charge in [0.05, 0.1) is 38.7 Å². The highest BCUT2D eigenvalue weighted by molar-refractivity contribution is 5.95. The van der Waals surface area contributed by atoms with Crippen molar-refractivity contribution in [1.29, 1.82) is 0 Å². The van der Waals surface area contributed by atoms with Gasteiger partial charge < -0.3 is 34.3 Å². The predicted octanol–water partition coefficient (Wildman–Crippen LogP) is 5.16. The van der Waals surface area contributed by atoms with Crippen LogP contribution in [0.5, 0.6) is 23.0 Å². The molecule has 3 N–H and O–H groups in total. The fourth-order valence-electron chi connectivity index (χ4n) is 5.27. The molecule has 1 aliphatic heterocycles. The van der Waals surface area contributed by atoms with Crippen LogP contribution in [0.2, 0.25) is 0 Å². The Kier molecular flexibility index (Phi) is 10.8. The first-order valence-electron chi connectivity index (χ1n) is 15.2. The van der Waals surface area contributed by atoms with Crippen LogP contribution in [0.25, 0.3) is 10.8 Å². The van der Waals surface area contributed by atoms with Crippen LogP contribution in [0.3, 0.4) is 0 Å². The van der Waals surface area contributed by atoms with Gasteiger partial charge in [-0.25, -0.2) is 15.0 Å². The van der Waals surface area contributed by atoms with Crippen molar-refractivity contribution in [3.63, 3.8) is 0 Å². The third-order valence-electron chi connectivity index (χ3n) is 7.52. The molecule has 0 aliphatic carbocycles. The molecule has 0 saturated heterocycles. The van der Waals surface area contributed by atoms with E-state index < -0.39 is 23.9 Å². The summed E-state index contributed by atoms with van der Waals surface area (Å²) in [7, 11) is 3.00. The van der Waals surface area contributed by atoms with E-state index in [-0.39, 0.29) is 24.5 Å². The number of methoxy groups -OCH3 is 2. The van der Waals surface area contributed by atoms with Crippen molar-refractivity contribution in [2.75, 3.05) is 27.4 Å². The van der Waals surface area contributed by atoms with Crippen molar-refractivity contribution in [1.82, 2.24) is 16.1 Å². The summed E-state index contributed by atoms with van der Waals surface area (Å²) < 4.78 is 28.1. The van der Waals surface area contributed by atoms with E-state index in [2.05, 4.69) is 33.3 Å². The summed E-state index contributed by atoms with van der Waals surface area (Å²) in [5, 5.41) is 11.7. The van der Waals surface area contributed by atoms with Crippen molar-refractivity contribution >= 4 is 34.9 Å². The molecule has 4 aromatic rings. The Morgan fingerprint density at radius 3 is 2.48 bits per heavy atom. The quantitative estimate of drug-likeness (QED) is 0.102. The number of esters is 1.